The lowest BCUT2D eigenvalue weighted by molar-refractivity contribution is -0.177. The minimum Gasteiger partial charge on any atom is -0.480 e. The standard InChI is InChI=1S/C20H27N3O4/c1-12(14-5-3-2-4-6-14)9-17(24)23-18(20(26)27)15(19(23)25)10-13-7-8-22-16(21)11-13/h7-8,11-12,14-15,18H,2-6,9-10H2,1H3,(H2,21,22)(H,26,27)/t12-,15?,18-/m0/s1. The second-order valence-corrected chi connectivity index (χ2v) is 7.86. The molecule has 1 aliphatic carbocycles. The zero-order valence-corrected chi connectivity index (χ0v) is 15.6. The van der Waals surface area contributed by atoms with Gasteiger partial charge < -0.3 is 10.8 Å². The number of amides is 2. The molecule has 7 heteroatoms. The highest BCUT2D eigenvalue weighted by Gasteiger charge is 2.54. The summed E-state index contributed by atoms with van der Waals surface area (Å²) in [5.41, 5.74) is 6.39. The fourth-order valence-electron chi connectivity index (χ4n) is 4.43. The van der Waals surface area contributed by atoms with Crippen molar-refractivity contribution >= 4 is 23.6 Å². The highest BCUT2D eigenvalue weighted by Crippen LogP contribution is 2.35. The number of pyridine rings is 1. The second-order valence-electron chi connectivity index (χ2n) is 7.86. The first-order valence-electron chi connectivity index (χ1n) is 9.67. The van der Waals surface area contributed by atoms with Gasteiger partial charge in [0.1, 0.15) is 11.9 Å². The second kappa shape index (κ2) is 8.06. The highest BCUT2D eigenvalue weighted by atomic mass is 16.4. The normalized spacial score (nSPS) is 24.3. The third kappa shape index (κ3) is 4.12. The molecule has 2 fully saturated rings. The van der Waals surface area contributed by atoms with Gasteiger partial charge in [0.2, 0.25) is 11.8 Å². The van der Waals surface area contributed by atoms with E-state index in [0.717, 1.165) is 23.3 Å². The van der Waals surface area contributed by atoms with Crippen LogP contribution in [0.15, 0.2) is 18.3 Å². The Hall–Kier alpha value is -2.44. The van der Waals surface area contributed by atoms with Crippen LogP contribution in [0.2, 0.25) is 0 Å². The summed E-state index contributed by atoms with van der Waals surface area (Å²) in [6.45, 7) is 2.03. The van der Waals surface area contributed by atoms with Crippen LogP contribution in [0, 0.1) is 17.8 Å². The monoisotopic (exact) mass is 373 g/mol. The SMILES string of the molecule is C[C@@H](CC(=O)N1C(=O)C(Cc2ccnc(N)c2)[C@H]1C(=O)O)C1CCCCC1. The summed E-state index contributed by atoms with van der Waals surface area (Å²) in [5, 5.41) is 9.57. The molecule has 2 heterocycles. The molecule has 0 bridgehead atoms. The number of aliphatic carboxylic acids is 1. The molecule has 1 saturated carbocycles. The van der Waals surface area contributed by atoms with E-state index < -0.39 is 23.8 Å². The molecule has 0 radical (unpaired) electrons. The fraction of sp³-hybridized carbons (Fsp3) is 0.600. The van der Waals surface area contributed by atoms with Gasteiger partial charge in [-0.25, -0.2) is 9.78 Å². The number of rotatable bonds is 6. The van der Waals surface area contributed by atoms with Crippen LogP contribution in [0.25, 0.3) is 0 Å². The van der Waals surface area contributed by atoms with E-state index in [0.29, 0.717) is 11.7 Å². The van der Waals surface area contributed by atoms with E-state index in [1.165, 1.54) is 25.5 Å². The topological polar surface area (TPSA) is 114 Å². The Balaban J connectivity index is 1.65. The van der Waals surface area contributed by atoms with Crippen LogP contribution in [0.4, 0.5) is 5.82 Å². The van der Waals surface area contributed by atoms with Crippen LogP contribution in [0.5, 0.6) is 0 Å². The van der Waals surface area contributed by atoms with Gasteiger partial charge in [-0.1, -0.05) is 39.0 Å². The number of anilines is 1. The first kappa shape index (κ1) is 19.3. The van der Waals surface area contributed by atoms with Gasteiger partial charge in [-0.3, -0.25) is 14.5 Å². The maximum atomic E-state index is 12.7. The Labute approximate surface area is 158 Å². The molecule has 1 saturated heterocycles. The van der Waals surface area contributed by atoms with Gasteiger partial charge >= 0.3 is 5.97 Å². The molecule has 2 aliphatic rings. The molecule has 2 amide bonds. The minimum absolute atomic E-state index is 0.166. The van der Waals surface area contributed by atoms with Gasteiger partial charge in [-0.2, -0.15) is 0 Å². The van der Waals surface area contributed by atoms with Crippen LogP contribution in [-0.2, 0) is 20.8 Å². The smallest absolute Gasteiger partial charge is 0.327 e. The number of carboxylic acids is 1. The fourth-order valence-corrected chi connectivity index (χ4v) is 4.43. The van der Waals surface area contributed by atoms with Crippen molar-refractivity contribution in [2.75, 3.05) is 5.73 Å². The van der Waals surface area contributed by atoms with Crippen molar-refractivity contribution in [1.82, 2.24) is 9.88 Å². The van der Waals surface area contributed by atoms with Gasteiger partial charge in [0.25, 0.3) is 0 Å². The number of hydrogen-bond acceptors (Lipinski definition) is 5. The molecule has 146 valence electrons. The average Bonchev–Trinajstić information content (AvgIpc) is 2.64. The zero-order chi connectivity index (χ0) is 19.6. The van der Waals surface area contributed by atoms with Gasteiger partial charge in [0.15, 0.2) is 0 Å². The van der Waals surface area contributed by atoms with Gasteiger partial charge in [0, 0.05) is 12.6 Å². The Morgan fingerprint density at radius 3 is 2.67 bits per heavy atom. The van der Waals surface area contributed by atoms with Crippen LogP contribution in [0.3, 0.4) is 0 Å². The number of nitrogens with two attached hydrogens (primary N) is 1. The maximum absolute atomic E-state index is 12.7. The van der Waals surface area contributed by atoms with E-state index in [-0.39, 0.29) is 24.7 Å². The first-order chi connectivity index (χ1) is 12.9. The van der Waals surface area contributed by atoms with Gasteiger partial charge in [0.05, 0.1) is 5.92 Å². The molecular weight excluding hydrogens is 346 g/mol. The molecule has 1 unspecified atom stereocenters. The number of β-lactam (4-membered cyclic amide) rings is 1. The largest absolute Gasteiger partial charge is 0.480 e. The number of imide groups is 1. The highest BCUT2D eigenvalue weighted by molar-refractivity contribution is 6.08. The Bertz CT molecular complexity index is 730. The third-order valence-electron chi connectivity index (χ3n) is 5.99. The molecular formula is C20H27N3O4. The molecule has 1 aromatic heterocycles. The number of hydrogen-bond donors (Lipinski definition) is 2. The molecule has 0 aromatic carbocycles. The van der Waals surface area contributed by atoms with E-state index >= 15 is 0 Å². The maximum Gasteiger partial charge on any atom is 0.327 e. The molecule has 3 atom stereocenters. The van der Waals surface area contributed by atoms with Crippen molar-refractivity contribution in [2.45, 2.75) is 57.9 Å². The van der Waals surface area contributed by atoms with Crippen molar-refractivity contribution in [3.63, 3.8) is 0 Å². The number of nitrogen functional groups attached to an aromatic ring is 1. The quantitative estimate of drug-likeness (QED) is 0.739. The van der Waals surface area contributed by atoms with Gasteiger partial charge in [-0.05, 0) is 36.0 Å². The summed E-state index contributed by atoms with van der Waals surface area (Å²) in [6.07, 6.45) is 7.82. The van der Waals surface area contributed by atoms with Crippen LogP contribution >= 0.6 is 0 Å². The lowest BCUT2D eigenvalue weighted by atomic mass is 9.78. The summed E-state index contributed by atoms with van der Waals surface area (Å²) in [6, 6.07) is 2.23. The van der Waals surface area contributed by atoms with E-state index in [2.05, 4.69) is 4.98 Å². The number of carbonyl (C=O) groups is 3. The molecule has 0 spiro atoms. The van der Waals surface area contributed by atoms with Crippen LogP contribution in [0.1, 0.15) is 51.0 Å². The van der Waals surface area contributed by atoms with E-state index in [1.807, 2.05) is 6.92 Å². The van der Waals surface area contributed by atoms with E-state index in [9.17, 15) is 19.5 Å². The van der Waals surface area contributed by atoms with Crippen molar-refractivity contribution in [3.8, 4) is 0 Å². The number of carbonyl (C=O) groups excluding carboxylic acids is 2. The number of likely N-dealkylation sites (tertiary alicyclic amines) is 1. The lowest BCUT2D eigenvalue weighted by Gasteiger charge is -2.43. The average molecular weight is 373 g/mol. The number of aromatic nitrogens is 1. The van der Waals surface area contributed by atoms with Crippen molar-refractivity contribution in [1.29, 1.82) is 0 Å². The van der Waals surface area contributed by atoms with Crippen molar-refractivity contribution in [2.24, 2.45) is 17.8 Å². The Morgan fingerprint density at radius 2 is 2.04 bits per heavy atom. The van der Waals surface area contributed by atoms with Crippen molar-refractivity contribution < 1.29 is 19.5 Å². The lowest BCUT2D eigenvalue weighted by Crippen LogP contribution is -2.67. The Kier molecular flexibility index (Phi) is 5.77. The zero-order valence-electron chi connectivity index (χ0n) is 15.6. The summed E-state index contributed by atoms with van der Waals surface area (Å²) in [4.78, 5) is 41.8. The summed E-state index contributed by atoms with van der Waals surface area (Å²) >= 11 is 0. The summed E-state index contributed by atoms with van der Waals surface area (Å²) < 4.78 is 0. The van der Waals surface area contributed by atoms with Crippen LogP contribution < -0.4 is 5.73 Å². The Morgan fingerprint density at radius 1 is 1.33 bits per heavy atom. The predicted octanol–water partition coefficient (Wildman–Crippen LogP) is 2.25. The number of nitrogens with zero attached hydrogens (tertiary/aromatic N) is 2. The predicted molar refractivity (Wildman–Crippen MR) is 99.5 cm³/mol. The summed E-state index contributed by atoms with van der Waals surface area (Å²) in [5.74, 6) is -1.68. The van der Waals surface area contributed by atoms with E-state index in [4.69, 9.17) is 5.73 Å². The third-order valence-corrected chi connectivity index (χ3v) is 5.99. The molecule has 7 nitrogen and oxygen atoms in total. The molecule has 1 aliphatic heterocycles. The molecule has 1 aromatic rings. The van der Waals surface area contributed by atoms with E-state index in [1.54, 1.807) is 12.1 Å². The van der Waals surface area contributed by atoms with Crippen molar-refractivity contribution in [3.05, 3.63) is 23.9 Å². The number of carboxylic acid groups (broad SMARTS) is 1. The van der Waals surface area contributed by atoms with Gasteiger partial charge in [-0.15, -0.1) is 0 Å². The van der Waals surface area contributed by atoms with Crippen LogP contribution in [-0.4, -0.2) is 38.8 Å². The molecule has 3 N–H and O–H groups in total. The molecule has 27 heavy (non-hydrogen) atoms. The minimum atomic E-state index is -1.14. The molecule has 3 rings (SSSR count). The first-order valence-corrected chi connectivity index (χ1v) is 9.67. The summed E-state index contributed by atoms with van der Waals surface area (Å²) in [7, 11) is 0.